The maximum Gasteiger partial charge on any atom is 0.213 e. The molecule has 1 N–H and O–H groups in total. The molecule has 3 nitrogen and oxygen atoms in total. The number of nitrogens with one attached hydrogen (secondary N) is 1. The highest BCUT2D eigenvalue weighted by Crippen LogP contribution is 2.26. The molecule has 0 spiro atoms. The van der Waals surface area contributed by atoms with E-state index in [0.29, 0.717) is 17.8 Å². The van der Waals surface area contributed by atoms with Crippen molar-refractivity contribution in [2.45, 2.75) is 26.4 Å². The molecule has 2 heterocycles. The van der Waals surface area contributed by atoms with Gasteiger partial charge in [-0.15, -0.1) is 11.3 Å². The Labute approximate surface area is 118 Å². The van der Waals surface area contributed by atoms with Gasteiger partial charge in [-0.3, -0.25) is 0 Å². The van der Waals surface area contributed by atoms with E-state index in [-0.39, 0.29) is 0 Å². The summed E-state index contributed by atoms with van der Waals surface area (Å²) in [4.78, 5) is 5.80. The fourth-order valence-electron chi connectivity index (χ4n) is 2.02. The molecule has 1 atom stereocenters. The third kappa shape index (κ3) is 3.78. The van der Waals surface area contributed by atoms with Crippen LogP contribution in [0.15, 0.2) is 35.7 Å². The molecular formula is C15H20N2OS. The lowest BCUT2D eigenvalue weighted by Crippen LogP contribution is -2.25. The summed E-state index contributed by atoms with van der Waals surface area (Å²) >= 11 is 1.79. The molecule has 2 aromatic rings. The lowest BCUT2D eigenvalue weighted by atomic mass is 10.0. The molecule has 2 aromatic heterocycles. The van der Waals surface area contributed by atoms with Crippen molar-refractivity contribution in [3.05, 3.63) is 46.3 Å². The molecule has 102 valence electrons. The zero-order chi connectivity index (χ0) is 13.7. The lowest BCUT2D eigenvalue weighted by Gasteiger charge is -2.21. The van der Waals surface area contributed by atoms with E-state index in [1.165, 1.54) is 4.88 Å². The van der Waals surface area contributed by atoms with Crippen LogP contribution in [0.5, 0.6) is 5.88 Å². The first-order valence-electron chi connectivity index (χ1n) is 6.47. The number of ether oxygens (including phenoxy) is 1. The summed E-state index contributed by atoms with van der Waals surface area (Å²) in [6.07, 6.45) is 0. The van der Waals surface area contributed by atoms with Crippen LogP contribution >= 0.6 is 11.3 Å². The van der Waals surface area contributed by atoms with Gasteiger partial charge in [-0.1, -0.05) is 26.0 Å². The third-order valence-corrected chi connectivity index (χ3v) is 3.97. The number of pyridine rings is 1. The Hall–Kier alpha value is -1.39. The Morgan fingerprint density at radius 2 is 2.11 bits per heavy atom. The number of aromatic nitrogens is 1. The molecule has 19 heavy (non-hydrogen) atoms. The highest BCUT2D eigenvalue weighted by atomic mass is 32.1. The molecule has 0 amide bonds. The zero-order valence-corrected chi connectivity index (χ0v) is 12.4. The van der Waals surface area contributed by atoms with Gasteiger partial charge in [0.25, 0.3) is 0 Å². The SMILES string of the molecule is COc1cccc(CNC(c2cccs2)C(C)C)n1. The zero-order valence-electron chi connectivity index (χ0n) is 11.6. The molecule has 0 fully saturated rings. The first-order chi connectivity index (χ1) is 9.20. The minimum absolute atomic E-state index is 0.369. The summed E-state index contributed by atoms with van der Waals surface area (Å²) in [7, 11) is 1.64. The minimum atomic E-state index is 0.369. The molecule has 4 heteroatoms. The van der Waals surface area contributed by atoms with Crippen LogP contribution in [0.3, 0.4) is 0 Å². The van der Waals surface area contributed by atoms with Gasteiger partial charge in [0.1, 0.15) is 0 Å². The molecule has 0 aliphatic heterocycles. The maximum absolute atomic E-state index is 5.14. The van der Waals surface area contributed by atoms with Crippen LogP contribution in [0.4, 0.5) is 0 Å². The van der Waals surface area contributed by atoms with Crippen LogP contribution in [-0.2, 0) is 6.54 Å². The van der Waals surface area contributed by atoms with Gasteiger partial charge in [-0.25, -0.2) is 4.98 Å². The van der Waals surface area contributed by atoms with Crippen molar-refractivity contribution in [1.29, 1.82) is 0 Å². The first-order valence-corrected chi connectivity index (χ1v) is 7.35. The lowest BCUT2D eigenvalue weighted by molar-refractivity contribution is 0.390. The van der Waals surface area contributed by atoms with Gasteiger partial charge >= 0.3 is 0 Å². The van der Waals surface area contributed by atoms with Gasteiger partial charge in [-0.05, 0) is 23.4 Å². The van der Waals surface area contributed by atoms with Gasteiger partial charge in [0, 0.05) is 23.5 Å². The van der Waals surface area contributed by atoms with Crippen molar-refractivity contribution in [2.24, 2.45) is 5.92 Å². The molecule has 2 rings (SSSR count). The Morgan fingerprint density at radius 3 is 2.74 bits per heavy atom. The van der Waals surface area contributed by atoms with Crippen molar-refractivity contribution in [3.63, 3.8) is 0 Å². The predicted octanol–water partition coefficient (Wildman–Crippen LogP) is 3.64. The quantitative estimate of drug-likeness (QED) is 0.874. The summed E-state index contributed by atoms with van der Waals surface area (Å²) in [5.41, 5.74) is 1.00. The van der Waals surface area contributed by atoms with Crippen LogP contribution in [0, 0.1) is 5.92 Å². The van der Waals surface area contributed by atoms with E-state index in [2.05, 4.69) is 41.7 Å². The molecule has 0 saturated carbocycles. The van der Waals surface area contributed by atoms with Gasteiger partial charge in [0.2, 0.25) is 5.88 Å². The second kappa shape index (κ2) is 6.68. The molecule has 0 saturated heterocycles. The average Bonchev–Trinajstić information content (AvgIpc) is 2.93. The second-order valence-corrected chi connectivity index (χ2v) is 5.77. The van der Waals surface area contributed by atoms with E-state index in [4.69, 9.17) is 4.74 Å². The van der Waals surface area contributed by atoms with E-state index in [1.807, 2.05) is 18.2 Å². The van der Waals surface area contributed by atoms with Crippen LogP contribution < -0.4 is 10.1 Å². The van der Waals surface area contributed by atoms with E-state index in [9.17, 15) is 0 Å². The Balaban J connectivity index is 2.02. The molecule has 0 bridgehead atoms. The summed E-state index contributed by atoms with van der Waals surface area (Å²) in [5, 5.41) is 5.70. The fourth-order valence-corrected chi connectivity index (χ4v) is 2.99. The number of nitrogens with zero attached hydrogens (tertiary/aromatic N) is 1. The normalized spacial score (nSPS) is 12.6. The topological polar surface area (TPSA) is 34.1 Å². The predicted molar refractivity (Wildman–Crippen MR) is 79.5 cm³/mol. The van der Waals surface area contributed by atoms with Crippen molar-refractivity contribution in [1.82, 2.24) is 10.3 Å². The minimum Gasteiger partial charge on any atom is -0.481 e. The molecule has 1 unspecified atom stereocenters. The number of hydrogen-bond acceptors (Lipinski definition) is 4. The van der Waals surface area contributed by atoms with E-state index >= 15 is 0 Å². The van der Waals surface area contributed by atoms with Crippen LogP contribution in [0.2, 0.25) is 0 Å². The van der Waals surface area contributed by atoms with Crippen molar-refractivity contribution in [2.75, 3.05) is 7.11 Å². The standard InChI is InChI=1S/C15H20N2OS/c1-11(2)15(13-7-5-9-19-13)16-10-12-6-4-8-14(17-12)18-3/h4-9,11,15-16H,10H2,1-3H3. The van der Waals surface area contributed by atoms with Gasteiger partial charge in [-0.2, -0.15) is 0 Å². The highest BCUT2D eigenvalue weighted by Gasteiger charge is 2.16. The third-order valence-electron chi connectivity index (χ3n) is 3.01. The first kappa shape index (κ1) is 14.0. The van der Waals surface area contributed by atoms with Gasteiger partial charge in [0.15, 0.2) is 0 Å². The molecular weight excluding hydrogens is 256 g/mol. The summed E-state index contributed by atoms with van der Waals surface area (Å²) < 4.78 is 5.14. The smallest absolute Gasteiger partial charge is 0.213 e. The largest absolute Gasteiger partial charge is 0.481 e. The maximum atomic E-state index is 5.14. The number of rotatable bonds is 6. The Kier molecular flexibility index (Phi) is 4.93. The average molecular weight is 276 g/mol. The molecule has 0 aliphatic carbocycles. The monoisotopic (exact) mass is 276 g/mol. The van der Waals surface area contributed by atoms with Gasteiger partial charge in [0.05, 0.1) is 12.8 Å². The summed E-state index contributed by atoms with van der Waals surface area (Å²) in [5.74, 6) is 1.21. The highest BCUT2D eigenvalue weighted by molar-refractivity contribution is 7.10. The summed E-state index contributed by atoms with van der Waals surface area (Å²) in [6.45, 7) is 5.21. The Morgan fingerprint density at radius 1 is 1.26 bits per heavy atom. The second-order valence-electron chi connectivity index (χ2n) is 4.79. The van der Waals surface area contributed by atoms with E-state index in [0.717, 1.165) is 12.2 Å². The number of thiophene rings is 1. The molecule has 0 aliphatic rings. The summed E-state index contributed by atoms with van der Waals surface area (Å²) in [6, 6.07) is 10.5. The molecule has 0 radical (unpaired) electrons. The van der Waals surface area contributed by atoms with Crippen molar-refractivity contribution >= 4 is 11.3 Å². The van der Waals surface area contributed by atoms with E-state index < -0.39 is 0 Å². The van der Waals surface area contributed by atoms with Crippen LogP contribution in [-0.4, -0.2) is 12.1 Å². The van der Waals surface area contributed by atoms with Crippen molar-refractivity contribution in [3.8, 4) is 5.88 Å². The van der Waals surface area contributed by atoms with Crippen LogP contribution in [0.25, 0.3) is 0 Å². The number of methoxy groups -OCH3 is 1. The Bertz CT molecular complexity index is 497. The van der Waals surface area contributed by atoms with E-state index in [1.54, 1.807) is 18.4 Å². The number of hydrogen-bond donors (Lipinski definition) is 1. The van der Waals surface area contributed by atoms with Gasteiger partial charge < -0.3 is 10.1 Å². The molecule has 0 aromatic carbocycles. The van der Waals surface area contributed by atoms with Crippen molar-refractivity contribution < 1.29 is 4.74 Å². The van der Waals surface area contributed by atoms with Crippen LogP contribution in [0.1, 0.15) is 30.5 Å². The fraction of sp³-hybridized carbons (Fsp3) is 0.400.